The molecule has 26 heavy (non-hydrogen) atoms. The summed E-state index contributed by atoms with van der Waals surface area (Å²) in [7, 11) is 0. The lowest BCUT2D eigenvalue weighted by atomic mass is 9.97. The van der Waals surface area contributed by atoms with Crippen LogP contribution in [0.5, 0.6) is 0 Å². The summed E-state index contributed by atoms with van der Waals surface area (Å²) in [6, 6.07) is 6.46. The number of hydrogen-bond acceptors (Lipinski definition) is 7. The van der Waals surface area contributed by atoms with E-state index in [2.05, 4.69) is 38.4 Å². The topological polar surface area (TPSA) is 67.3 Å². The van der Waals surface area contributed by atoms with E-state index < -0.39 is 0 Å². The number of carbonyl (C=O) groups excluding carboxylic acids is 1. The molecule has 2 aromatic rings. The zero-order valence-corrected chi connectivity index (χ0v) is 15.6. The van der Waals surface area contributed by atoms with Crippen LogP contribution in [0.25, 0.3) is 0 Å². The Bertz CT molecular complexity index is 814. The average molecular weight is 370 g/mol. The molecule has 0 aliphatic carbocycles. The Balaban J connectivity index is 1.44. The van der Waals surface area contributed by atoms with Gasteiger partial charge in [0.2, 0.25) is 0 Å². The van der Waals surface area contributed by atoms with E-state index in [1.807, 2.05) is 6.92 Å². The number of anilines is 2. The number of esters is 1. The lowest BCUT2D eigenvalue weighted by Gasteiger charge is -2.31. The van der Waals surface area contributed by atoms with Crippen molar-refractivity contribution >= 4 is 29.2 Å². The lowest BCUT2D eigenvalue weighted by molar-refractivity contribution is -0.150. The summed E-state index contributed by atoms with van der Waals surface area (Å²) in [6.07, 6.45) is 5.37. The summed E-state index contributed by atoms with van der Waals surface area (Å²) in [5.41, 5.74) is 2.30. The van der Waals surface area contributed by atoms with Crippen molar-refractivity contribution in [1.29, 1.82) is 0 Å². The molecule has 136 valence electrons. The third-order valence-electron chi connectivity index (χ3n) is 4.70. The zero-order chi connectivity index (χ0) is 17.9. The van der Waals surface area contributed by atoms with E-state index in [0.29, 0.717) is 6.61 Å². The predicted molar refractivity (Wildman–Crippen MR) is 101 cm³/mol. The highest BCUT2D eigenvalue weighted by Crippen LogP contribution is 2.42. The molecule has 1 aromatic carbocycles. The first-order valence-corrected chi connectivity index (χ1v) is 9.82. The molecule has 2 aliphatic heterocycles. The summed E-state index contributed by atoms with van der Waals surface area (Å²) in [5.74, 6) is 0.746. The maximum absolute atomic E-state index is 12.0. The molecule has 1 aromatic heterocycles. The van der Waals surface area contributed by atoms with Gasteiger partial charge in [-0.25, -0.2) is 9.97 Å². The van der Waals surface area contributed by atoms with E-state index >= 15 is 0 Å². The Hall–Kier alpha value is -2.12. The highest BCUT2D eigenvalue weighted by Gasteiger charge is 2.27. The predicted octanol–water partition coefficient (Wildman–Crippen LogP) is 3.46. The number of carbonyl (C=O) groups is 1. The van der Waals surface area contributed by atoms with Crippen molar-refractivity contribution in [2.24, 2.45) is 5.92 Å². The van der Waals surface area contributed by atoms with E-state index in [4.69, 9.17) is 4.74 Å². The smallest absolute Gasteiger partial charge is 0.310 e. The highest BCUT2D eigenvalue weighted by molar-refractivity contribution is 7.99. The van der Waals surface area contributed by atoms with Crippen molar-refractivity contribution in [3.8, 4) is 0 Å². The molecule has 1 unspecified atom stereocenters. The molecule has 7 heteroatoms. The van der Waals surface area contributed by atoms with Crippen LogP contribution in [0.2, 0.25) is 0 Å². The molecule has 0 bridgehead atoms. The molecule has 1 atom stereocenters. The Morgan fingerprint density at radius 1 is 1.38 bits per heavy atom. The Kier molecular flexibility index (Phi) is 5.08. The molecule has 0 spiro atoms. The molecule has 0 amide bonds. The monoisotopic (exact) mass is 370 g/mol. The van der Waals surface area contributed by atoms with Crippen molar-refractivity contribution < 1.29 is 9.53 Å². The van der Waals surface area contributed by atoms with Crippen LogP contribution in [0.15, 0.2) is 40.5 Å². The van der Waals surface area contributed by atoms with E-state index in [-0.39, 0.29) is 11.9 Å². The normalized spacial score (nSPS) is 19.2. The molecular formula is C19H22N4O2S. The van der Waals surface area contributed by atoms with Crippen LogP contribution in [0.1, 0.15) is 25.3 Å². The van der Waals surface area contributed by atoms with Gasteiger partial charge in [-0.15, -0.1) is 0 Å². The minimum atomic E-state index is -0.0594. The van der Waals surface area contributed by atoms with Crippen LogP contribution in [0.3, 0.4) is 0 Å². The third-order valence-corrected chi connectivity index (χ3v) is 5.77. The van der Waals surface area contributed by atoms with Crippen LogP contribution in [-0.4, -0.2) is 40.5 Å². The van der Waals surface area contributed by atoms with Gasteiger partial charge in [0, 0.05) is 30.4 Å². The first-order valence-electron chi connectivity index (χ1n) is 9.00. The van der Waals surface area contributed by atoms with Gasteiger partial charge in [-0.1, -0.05) is 17.8 Å². The summed E-state index contributed by atoms with van der Waals surface area (Å²) in [6.45, 7) is 4.94. The molecule has 1 saturated heterocycles. The largest absolute Gasteiger partial charge is 0.466 e. The Morgan fingerprint density at radius 3 is 3.15 bits per heavy atom. The Morgan fingerprint density at radius 2 is 2.27 bits per heavy atom. The molecule has 0 radical (unpaired) electrons. The lowest BCUT2D eigenvalue weighted by Crippen LogP contribution is -2.38. The number of fused-ring (bicyclic) bond motifs is 2. The number of benzene rings is 1. The Labute approximate surface area is 157 Å². The second kappa shape index (κ2) is 7.63. The minimum absolute atomic E-state index is 0.00263. The molecule has 1 N–H and O–H groups in total. The van der Waals surface area contributed by atoms with Crippen LogP contribution < -0.4 is 5.32 Å². The van der Waals surface area contributed by atoms with Gasteiger partial charge in [0.15, 0.2) is 5.82 Å². The molecule has 6 nitrogen and oxygen atoms in total. The summed E-state index contributed by atoms with van der Waals surface area (Å²) in [4.78, 5) is 24.2. The van der Waals surface area contributed by atoms with E-state index in [1.54, 1.807) is 24.2 Å². The highest BCUT2D eigenvalue weighted by atomic mass is 32.2. The average Bonchev–Trinajstić information content (AvgIpc) is 2.67. The van der Waals surface area contributed by atoms with Gasteiger partial charge in [0.1, 0.15) is 5.03 Å². The van der Waals surface area contributed by atoms with Gasteiger partial charge < -0.3 is 10.1 Å². The van der Waals surface area contributed by atoms with Crippen molar-refractivity contribution in [3.05, 3.63) is 36.2 Å². The zero-order valence-electron chi connectivity index (χ0n) is 14.8. The second-order valence-corrected chi connectivity index (χ2v) is 7.62. The van der Waals surface area contributed by atoms with Crippen LogP contribution in [0, 0.1) is 5.92 Å². The van der Waals surface area contributed by atoms with Crippen molar-refractivity contribution in [2.45, 2.75) is 36.2 Å². The number of likely N-dealkylation sites (tertiary alicyclic amines) is 1. The number of aromatic nitrogens is 2. The summed E-state index contributed by atoms with van der Waals surface area (Å²) < 4.78 is 5.20. The fraction of sp³-hybridized carbons (Fsp3) is 0.421. The van der Waals surface area contributed by atoms with Gasteiger partial charge >= 0.3 is 5.97 Å². The summed E-state index contributed by atoms with van der Waals surface area (Å²) >= 11 is 1.64. The number of piperidine rings is 1. The number of hydrogen-bond donors (Lipinski definition) is 1. The van der Waals surface area contributed by atoms with E-state index in [0.717, 1.165) is 53.9 Å². The number of ether oxygens (including phenoxy) is 1. The summed E-state index contributed by atoms with van der Waals surface area (Å²) in [5, 5.41) is 4.28. The van der Waals surface area contributed by atoms with Gasteiger partial charge in [0.25, 0.3) is 0 Å². The van der Waals surface area contributed by atoms with Crippen molar-refractivity contribution in [3.63, 3.8) is 0 Å². The number of nitrogens with one attached hydrogen (secondary N) is 1. The molecule has 1 fully saturated rings. The van der Waals surface area contributed by atoms with E-state index in [1.165, 1.54) is 5.56 Å². The van der Waals surface area contributed by atoms with E-state index in [9.17, 15) is 4.79 Å². The van der Waals surface area contributed by atoms with Gasteiger partial charge in [-0.3, -0.25) is 9.69 Å². The third kappa shape index (κ3) is 3.68. The van der Waals surface area contributed by atoms with Gasteiger partial charge in [-0.2, -0.15) is 0 Å². The molecule has 2 aliphatic rings. The van der Waals surface area contributed by atoms with Gasteiger partial charge in [-0.05, 0) is 44.0 Å². The molecule has 0 saturated carbocycles. The fourth-order valence-electron chi connectivity index (χ4n) is 3.49. The first-order chi connectivity index (χ1) is 12.7. The standard InChI is InChI=1S/C19H22N4O2S/c1-2-25-19(24)14-4-3-9-23(12-14)11-13-5-6-16-15(10-13)22-17-18(26-16)21-8-7-20-17/h5-8,10,14H,2-4,9,11-12H2,1H3,(H,20,22). The van der Waals surface area contributed by atoms with Crippen LogP contribution in [0.4, 0.5) is 11.5 Å². The number of nitrogens with zero attached hydrogens (tertiary/aromatic N) is 3. The molecule has 4 rings (SSSR count). The first kappa shape index (κ1) is 17.3. The maximum atomic E-state index is 12.0. The van der Waals surface area contributed by atoms with Crippen LogP contribution >= 0.6 is 11.8 Å². The van der Waals surface area contributed by atoms with Gasteiger partial charge in [0.05, 0.1) is 18.2 Å². The second-order valence-electron chi connectivity index (χ2n) is 6.59. The maximum Gasteiger partial charge on any atom is 0.310 e. The minimum Gasteiger partial charge on any atom is -0.466 e. The van der Waals surface area contributed by atoms with Crippen molar-refractivity contribution in [2.75, 3.05) is 25.0 Å². The SMILES string of the molecule is CCOC(=O)C1CCCN(Cc2ccc3c(c2)Nc2nccnc2S3)C1. The quantitative estimate of drug-likeness (QED) is 0.705. The molecular weight excluding hydrogens is 348 g/mol. The number of rotatable bonds is 4. The van der Waals surface area contributed by atoms with Crippen LogP contribution in [-0.2, 0) is 16.1 Å². The fourth-order valence-corrected chi connectivity index (χ4v) is 4.37. The van der Waals surface area contributed by atoms with Crippen molar-refractivity contribution in [1.82, 2.24) is 14.9 Å². The molecule has 3 heterocycles.